The predicted molar refractivity (Wildman–Crippen MR) is 104 cm³/mol. The number of rotatable bonds is 5. The maximum atomic E-state index is 12.5. The molecule has 2 aliphatic heterocycles. The first kappa shape index (κ1) is 18.6. The zero-order chi connectivity index (χ0) is 18.5. The van der Waals surface area contributed by atoms with Crippen LogP contribution in [0.5, 0.6) is 5.75 Å². The van der Waals surface area contributed by atoms with Crippen LogP contribution >= 0.6 is 0 Å². The Morgan fingerprint density at radius 1 is 1.07 bits per heavy atom. The predicted octanol–water partition coefficient (Wildman–Crippen LogP) is 2.62. The van der Waals surface area contributed by atoms with E-state index in [1.165, 1.54) is 25.7 Å². The van der Waals surface area contributed by atoms with Crippen molar-refractivity contribution in [2.75, 3.05) is 39.4 Å². The number of benzene rings is 1. The summed E-state index contributed by atoms with van der Waals surface area (Å²) >= 11 is 0. The Kier molecular flexibility index (Phi) is 6.14. The van der Waals surface area contributed by atoms with E-state index >= 15 is 0 Å². The van der Waals surface area contributed by atoms with E-state index in [2.05, 4.69) is 10.2 Å². The van der Waals surface area contributed by atoms with Crippen LogP contribution in [0.15, 0.2) is 24.3 Å². The van der Waals surface area contributed by atoms with E-state index in [1.54, 1.807) is 0 Å². The summed E-state index contributed by atoms with van der Waals surface area (Å²) < 4.78 is 11.4. The maximum Gasteiger partial charge on any atom is 0.317 e. The smallest absolute Gasteiger partial charge is 0.317 e. The Morgan fingerprint density at radius 2 is 1.81 bits per heavy atom. The lowest BCUT2D eigenvalue weighted by molar-refractivity contribution is 0.0191. The van der Waals surface area contributed by atoms with Gasteiger partial charge in [-0.2, -0.15) is 0 Å². The van der Waals surface area contributed by atoms with Crippen molar-refractivity contribution in [3.8, 4) is 5.75 Å². The number of hydrogen-bond acceptors (Lipinski definition) is 4. The number of ether oxygens (including phenoxy) is 2. The second-order valence-corrected chi connectivity index (χ2v) is 7.86. The second-order valence-electron chi connectivity index (χ2n) is 7.86. The number of nitrogens with zero attached hydrogens (tertiary/aromatic N) is 2. The van der Waals surface area contributed by atoms with Gasteiger partial charge < -0.3 is 19.7 Å². The van der Waals surface area contributed by atoms with Crippen LogP contribution < -0.4 is 10.1 Å². The van der Waals surface area contributed by atoms with Crippen LogP contribution in [-0.4, -0.2) is 67.4 Å². The van der Waals surface area contributed by atoms with Crippen LogP contribution in [0.3, 0.4) is 0 Å². The van der Waals surface area contributed by atoms with Gasteiger partial charge in [-0.15, -0.1) is 0 Å². The van der Waals surface area contributed by atoms with Gasteiger partial charge in [0.05, 0.1) is 19.3 Å². The second kappa shape index (κ2) is 8.93. The van der Waals surface area contributed by atoms with Crippen molar-refractivity contribution in [1.82, 2.24) is 15.1 Å². The SMILES string of the molecule is O=C(NCc1ccc(OC2CCCC2)cc1)N1CCC(N2CCOCC2)C1. The molecular formula is C21H31N3O3. The van der Waals surface area contributed by atoms with Crippen molar-refractivity contribution in [2.45, 2.75) is 50.8 Å². The first-order chi connectivity index (χ1) is 13.3. The molecule has 1 atom stereocenters. The highest BCUT2D eigenvalue weighted by atomic mass is 16.5. The lowest BCUT2D eigenvalue weighted by Crippen LogP contribution is -2.46. The van der Waals surface area contributed by atoms with Crippen molar-refractivity contribution in [1.29, 1.82) is 0 Å². The van der Waals surface area contributed by atoms with Crippen LogP contribution in [0.4, 0.5) is 4.79 Å². The summed E-state index contributed by atoms with van der Waals surface area (Å²) in [6.07, 6.45) is 6.32. The number of hydrogen-bond donors (Lipinski definition) is 1. The molecule has 0 aromatic heterocycles. The van der Waals surface area contributed by atoms with Gasteiger partial charge in [-0.1, -0.05) is 12.1 Å². The minimum atomic E-state index is 0.0389. The Morgan fingerprint density at radius 3 is 2.56 bits per heavy atom. The Bertz CT molecular complexity index is 610. The third-order valence-electron chi connectivity index (χ3n) is 5.98. The van der Waals surface area contributed by atoms with Crippen LogP contribution in [0, 0.1) is 0 Å². The van der Waals surface area contributed by atoms with Crippen LogP contribution in [0.25, 0.3) is 0 Å². The maximum absolute atomic E-state index is 12.5. The number of morpholine rings is 1. The lowest BCUT2D eigenvalue weighted by Gasteiger charge is -2.32. The van der Waals surface area contributed by atoms with Crippen molar-refractivity contribution in [2.24, 2.45) is 0 Å². The normalized spacial score (nSPS) is 24.3. The van der Waals surface area contributed by atoms with E-state index in [-0.39, 0.29) is 6.03 Å². The number of nitrogens with one attached hydrogen (secondary N) is 1. The molecule has 6 nitrogen and oxygen atoms in total. The molecule has 0 radical (unpaired) electrons. The van der Waals surface area contributed by atoms with Gasteiger partial charge in [0.15, 0.2) is 0 Å². The number of carbonyl (C=O) groups excluding carboxylic acids is 1. The van der Waals surface area contributed by atoms with Crippen LogP contribution in [-0.2, 0) is 11.3 Å². The quantitative estimate of drug-likeness (QED) is 0.862. The van der Waals surface area contributed by atoms with Gasteiger partial charge in [-0.25, -0.2) is 4.79 Å². The Labute approximate surface area is 161 Å². The molecule has 3 fully saturated rings. The van der Waals surface area contributed by atoms with Gasteiger partial charge in [0.25, 0.3) is 0 Å². The molecule has 4 rings (SSSR count). The first-order valence-electron chi connectivity index (χ1n) is 10.4. The third kappa shape index (κ3) is 4.93. The Balaban J connectivity index is 1.21. The molecule has 3 aliphatic rings. The molecule has 6 heteroatoms. The molecule has 0 bridgehead atoms. The van der Waals surface area contributed by atoms with Crippen molar-refractivity contribution < 1.29 is 14.3 Å². The van der Waals surface area contributed by atoms with Crippen molar-refractivity contribution in [3.63, 3.8) is 0 Å². The molecule has 0 spiro atoms. The van der Waals surface area contributed by atoms with Gasteiger partial charge in [-0.05, 0) is 49.8 Å². The number of amides is 2. The molecule has 2 saturated heterocycles. The zero-order valence-corrected chi connectivity index (χ0v) is 16.1. The van der Waals surface area contributed by atoms with Crippen LogP contribution in [0.2, 0.25) is 0 Å². The van der Waals surface area contributed by atoms with Gasteiger partial charge in [0.1, 0.15) is 5.75 Å². The molecular weight excluding hydrogens is 342 g/mol. The Hall–Kier alpha value is -1.79. The summed E-state index contributed by atoms with van der Waals surface area (Å²) in [6.45, 7) is 5.79. The highest BCUT2D eigenvalue weighted by molar-refractivity contribution is 5.74. The standard InChI is InChI=1S/C21H31N3O3/c25-21(24-10-9-18(16-24)23-11-13-26-14-12-23)22-15-17-5-7-20(8-6-17)27-19-3-1-2-4-19/h5-8,18-19H,1-4,9-16H2,(H,22,25). The van der Waals surface area contributed by atoms with E-state index in [0.717, 1.165) is 57.1 Å². The number of urea groups is 1. The number of carbonyl (C=O) groups is 1. The molecule has 27 heavy (non-hydrogen) atoms. The zero-order valence-electron chi connectivity index (χ0n) is 16.1. The minimum Gasteiger partial charge on any atom is -0.490 e. The summed E-state index contributed by atoms with van der Waals surface area (Å²) in [5, 5.41) is 3.06. The highest BCUT2D eigenvalue weighted by Gasteiger charge is 2.31. The molecule has 1 unspecified atom stereocenters. The first-order valence-corrected chi connectivity index (χ1v) is 10.4. The summed E-state index contributed by atoms with van der Waals surface area (Å²) in [6, 6.07) is 8.65. The molecule has 2 heterocycles. The van der Waals surface area contributed by atoms with E-state index < -0.39 is 0 Å². The topological polar surface area (TPSA) is 54.0 Å². The van der Waals surface area contributed by atoms with Gasteiger partial charge >= 0.3 is 6.03 Å². The van der Waals surface area contributed by atoms with E-state index in [9.17, 15) is 4.79 Å². The fourth-order valence-corrected chi connectivity index (χ4v) is 4.34. The average molecular weight is 373 g/mol. The molecule has 1 saturated carbocycles. The fourth-order valence-electron chi connectivity index (χ4n) is 4.34. The molecule has 1 aromatic carbocycles. The number of likely N-dealkylation sites (tertiary alicyclic amines) is 1. The summed E-state index contributed by atoms with van der Waals surface area (Å²) in [5.74, 6) is 0.935. The van der Waals surface area contributed by atoms with Crippen LogP contribution in [0.1, 0.15) is 37.7 Å². The summed E-state index contributed by atoms with van der Waals surface area (Å²) in [7, 11) is 0. The van der Waals surface area contributed by atoms with Gasteiger partial charge in [-0.3, -0.25) is 4.90 Å². The van der Waals surface area contributed by atoms with E-state index in [4.69, 9.17) is 9.47 Å². The molecule has 1 N–H and O–H groups in total. The largest absolute Gasteiger partial charge is 0.490 e. The monoisotopic (exact) mass is 373 g/mol. The van der Waals surface area contributed by atoms with Gasteiger partial charge in [0.2, 0.25) is 0 Å². The lowest BCUT2D eigenvalue weighted by atomic mass is 10.2. The van der Waals surface area contributed by atoms with Crippen molar-refractivity contribution in [3.05, 3.63) is 29.8 Å². The third-order valence-corrected chi connectivity index (χ3v) is 5.98. The molecule has 1 aliphatic carbocycles. The van der Waals surface area contributed by atoms with Gasteiger partial charge in [0, 0.05) is 38.8 Å². The minimum absolute atomic E-state index is 0.0389. The summed E-state index contributed by atoms with van der Waals surface area (Å²) in [5.41, 5.74) is 1.10. The molecule has 148 valence electrons. The highest BCUT2D eigenvalue weighted by Crippen LogP contribution is 2.24. The molecule has 1 aromatic rings. The van der Waals surface area contributed by atoms with E-state index in [1.807, 2.05) is 29.2 Å². The van der Waals surface area contributed by atoms with Crippen molar-refractivity contribution >= 4 is 6.03 Å². The summed E-state index contributed by atoms with van der Waals surface area (Å²) in [4.78, 5) is 16.9. The molecule has 2 amide bonds. The fraction of sp³-hybridized carbons (Fsp3) is 0.667. The van der Waals surface area contributed by atoms with E-state index in [0.29, 0.717) is 18.7 Å². The average Bonchev–Trinajstić information content (AvgIpc) is 3.40.